The van der Waals surface area contributed by atoms with Crippen molar-refractivity contribution in [1.29, 1.82) is 0 Å². The average molecular weight is 305 g/mol. The highest BCUT2D eigenvalue weighted by atomic mass is 16.5. The lowest BCUT2D eigenvalue weighted by molar-refractivity contribution is 0.0735. The lowest BCUT2D eigenvalue weighted by Gasteiger charge is -2.08. The number of esters is 1. The summed E-state index contributed by atoms with van der Waals surface area (Å²) in [6.45, 7) is 1.89. The molecule has 0 spiro atoms. The summed E-state index contributed by atoms with van der Waals surface area (Å²) in [5.74, 6) is 0.763. The molecule has 5 nitrogen and oxygen atoms in total. The van der Waals surface area contributed by atoms with Crippen LogP contribution in [0.2, 0.25) is 0 Å². The fourth-order valence-electron chi connectivity index (χ4n) is 2.05. The molecule has 5 heteroatoms. The number of hydrogen-bond donors (Lipinski definition) is 1. The molecule has 1 heterocycles. The molecule has 3 aromatic rings. The molecule has 0 unspecified atom stereocenters. The minimum absolute atomic E-state index is 0.388. The number of nitrogens with zero attached hydrogens (tertiary/aromatic N) is 2. The van der Waals surface area contributed by atoms with Crippen molar-refractivity contribution in [2.75, 3.05) is 5.32 Å². The summed E-state index contributed by atoms with van der Waals surface area (Å²) in [7, 11) is 0. The van der Waals surface area contributed by atoms with Gasteiger partial charge >= 0.3 is 5.97 Å². The highest BCUT2D eigenvalue weighted by Gasteiger charge is 2.08. The SMILES string of the molecule is Cc1cc(Nc2cccc(OC(=O)c3ccccc3)c2)ncn1. The van der Waals surface area contributed by atoms with Crippen LogP contribution < -0.4 is 10.1 Å². The molecule has 0 aliphatic heterocycles. The number of hydrogen-bond acceptors (Lipinski definition) is 5. The van der Waals surface area contributed by atoms with Gasteiger partial charge in [-0.05, 0) is 31.2 Å². The number of nitrogens with one attached hydrogen (secondary N) is 1. The number of anilines is 2. The number of ether oxygens (including phenoxy) is 1. The fourth-order valence-corrected chi connectivity index (χ4v) is 2.05. The molecule has 0 aliphatic rings. The van der Waals surface area contributed by atoms with Gasteiger partial charge in [-0.3, -0.25) is 0 Å². The molecule has 1 N–H and O–H groups in total. The van der Waals surface area contributed by atoms with Crippen molar-refractivity contribution in [1.82, 2.24) is 9.97 Å². The van der Waals surface area contributed by atoms with E-state index in [1.54, 1.807) is 36.4 Å². The number of carbonyl (C=O) groups excluding carboxylic acids is 1. The molecule has 0 bridgehead atoms. The van der Waals surface area contributed by atoms with Crippen molar-refractivity contribution >= 4 is 17.5 Å². The van der Waals surface area contributed by atoms with Gasteiger partial charge < -0.3 is 10.1 Å². The molecule has 2 aromatic carbocycles. The number of aryl methyl sites for hydroxylation is 1. The highest BCUT2D eigenvalue weighted by Crippen LogP contribution is 2.21. The van der Waals surface area contributed by atoms with Gasteiger partial charge in [-0.25, -0.2) is 14.8 Å². The van der Waals surface area contributed by atoms with Gasteiger partial charge in [-0.2, -0.15) is 0 Å². The van der Waals surface area contributed by atoms with Crippen LogP contribution in [0.4, 0.5) is 11.5 Å². The van der Waals surface area contributed by atoms with Crippen LogP contribution in [0.3, 0.4) is 0 Å². The minimum Gasteiger partial charge on any atom is -0.423 e. The van der Waals surface area contributed by atoms with E-state index in [9.17, 15) is 4.79 Å². The Morgan fingerprint density at radius 1 is 1.00 bits per heavy atom. The van der Waals surface area contributed by atoms with E-state index in [4.69, 9.17) is 4.74 Å². The lowest BCUT2D eigenvalue weighted by Crippen LogP contribution is -2.08. The quantitative estimate of drug-likeness (QED) is 0.587. The monoisotopic (exact) mass is 305 g/mol. The van der Waals surface area contributed by atoms with Crippen LogP contribution in [0.1, 0.15) is 16.1 Å². The Morgan fingerprint density at radius 2 is 1.83 bits per heavy atom. The van der Waals surface area contributed by atoms with Crippen LogP contribution in [0, 0.1) is 6.92 Å². The number of carbonyl (C=O) groups is 1. The van der Waals surface area contributed by atoms with Gasteiger partial charge in [0.25, 0.3) is 0 Å². The maximum absolute atomic E-state index is 12.1. The molecule has 114 valence electrons. The summed E-state index contributed by atoms with van der Waals surface area (Å²) in [6.07, 6.45) is 1.50. The van der Waals surface area contributed by atoms with E-state index in [-0.39, 0.29) is 5.97 Å². The zero-order chi connectivity index (χ0) is 16.1. The van der Waals surface area contributed by atoms with Gasteiger partial charge in [0.05, 0.1) is 5.56 Å². The molecular weight excluding hydrogens is 290 g/mol. The number of benzene rings is 2. The second-order valence-corrected chi connectivity index (χ2v) is 4.95. The minimum atomic E-state index is -0.388. The molecule has 1 aromatic heterocycles. The first-order valence-electron chi connectivity index (χ1n) is 7.14. The summed E-state index contributed by atoms with van der Waals surface area (Å²) >= 11 is 0. The van der Waals surface area contributed by atoms with Crippen LogP contribution in [0.15, 0.2) is 67.0 Å². The first-order valence-corrected chi connectivity index (χ1v) is 7.14. The Morgan fingerprint density at radius 3 is 2.61 bits per heavy atom. The summed E-state index contributed by atoms with van der Waals surface area (Å²) in [4.78, 5) is 20.3. The van der Waals surface area contributed by atoms with Gasteiger partial charge in [0.2, 0.25) is 0 Å². The predicted octanol–water partition coefficient (Wildman–Crippen LogP) is 3.75. The molecule has 23 heavy (non-hydrogen) atoms. The Bertz CT molecular complexity index is 819. The van der Waals surface area contributed by atoms with Crippen LogP contribution in [-0.2, 0) is 0 Å². The third kappa shape index (κ3) is 3.91. The van der Waals surface area contributed by atoms with Crippen molar-refractivity contribution in [3.8, 4) is 5.75 Å². The summed E-state index contributed by atoms with van der Waals surface area (Å²) in [5.41, 5.74) is 2.16. The predicted molar refractivity (Wildman–Crippen MR) is 87.9 cm³/mol. The first-order chi connectivity index (χ1) is 11.2. The molecule has 0 radical (unpaired) electrons. The van der Waals surface area contributed by atoms with Crippen LogP contribution in [0.5, 0.6) is 5.75 Å². The van der Waals surface area contributed by atoms with E-state index in [0.717, 1.165) is 11.4 Å². The molecule has 0 aliphatic carbocycles. The number of rotatable bonds is 4. The Labute approximate surface area is 134 Å². The summed E-state index contributed by atoms with van der Waals surface area (Å²) < 4.78 is 5.39. The van der Waals surface area contributed by atoms with Crippen LogP contribution in [-0.4, -0.2) is 15.9 Å². The van der Waals surface area contributed by atoms with Crippen molar-refractivity contribution in [3.05, 3.63) is 78.2 Å². The zero-order valence-electron chi connectivity index (χ0n) is 12.6. The second kappa shape index (κ2) is 6.70. The van der Waals surface area contributed by atoms with Crippen molar-refractivity contribution in [3.63, 3.8) is 0 Å². The van der Waals surface area contributed by atoms with Crippen LogP contribution >= 0.6 is 0 Å². The highest BCUT2D eigenvalue weighted by molar-refractivity contribution is 5.91. The third-order valence-electron chi connectivity index (χ3n) is 3.13. The van der Waals surface area contributed by atoms with Crippen molar-refractivity contribution < 1.29 is 9.53 Å². The fraction of sp³-hybridized carbons (Fsp3) is 0.0556. The number of aromatic nitrogens is 2. The molecule has 0 saturated carbocycles. The molecule has 0 saturated heterocycles. The lowest BCUT2D eigenvalue weighted by atomic mass is 10.2. The normalized spacial score (nSPS) is 10.1. The van der Waals surface area contributed by atoms with Crippen molar-refractivity contribution in [2.45, 2.75) is 6.92 Å². The van der Waals surface area contributed by atoms with Crippen molar-refractivity contribution in [2.24, 2.45) is 0 Å². The molecule has 0 amide bonds. The van der Waals surface area contributed by atoms with E-state index in [1.807, 2.05) is 31.2 Å². The molecule has 0 atom stereocenters. The topological polar surface area (TPSA) is 64.1 Å². The molecule has 3 rings (SSSR count). The van der Waals surface area contributed by atoms with E-state index >= 15 is 0 Å². The molecule has 0 fully saturated rings. The van der Waals surface area contributed by atoms with Gasteiger partial charge in [-0.1, -0.05) is 24.3 Å². The maximum Gasteiger partial charge on any atom is 0.343 e. The smallest absolute Gasteiger partial charge is 0.343 e. The van der Waals surface area contributed by atoms with Gasteiger partial charge in [0.15, 0.2) is 0 Å². The Hall–Kier alpha value is -3.21. The Kier molecular flexibility index (Phi) is 4.29. The van der Waals surface area contributed by atoms with E-state index in [2.05, 4.69) is 15.3 Å². The van der Waals surface area contributed by atoms with Gasteiger partial charge in [0.1, 0.15) is 17.9 Å². The van der Waals surface area contributed by atoms with E-state index in [1.165, 1.54) is 6.33 Å². The second-order valence-electron chi connectivity index (χ2n) is 4.95. The van der Waals surface area contributed by atoms with E-state index < -0.39 is 0 Å². The third-order valence-corrected chi connectivity index (χ3v) is 3.13. The Balaban J connectivity index is 1.74. The average Bonchev–Trinajstić information content (AvgIpc) is 2.56. The summed E-state index contributed by atoms with van der Waals surface area (Å²) in [5, 5.41) is 3.16. The molecular formula is C18H15N3O2. The van der Waals surface area contributed by atoms with Gasteiger partial charge in [-0.15, -0.1) is 0 Å². The first kappa shape index (κ1) is 14.7. The summed E-state index contributed by atoms with van der Waals surface area (Å²) in [6, 6.07) is 17.9. The largest absolute Gasteiger partial charge is 0.423 e. The van der Waals surface area contributed by atoms with E-state index in [0.29, 0.717) is 17.1 Å². The standard InChI is InChI=1S/C18H15N3O2/c1-13-10-17(20-12-19-13)21-15-8-5-9-16(11-15)23-18(22)14-6-3-2-4-7-14/h2-12H,1H3,(H,19,20,21). The zero-order valence-corrected chi connectivity index (χ0v) is 12.6. The van der Waals surface area contributed by atoms with Crippen LogP contribution in [0.25, 0.3) is 0 Å². The van der Waals surface area contributed by atoms with Gasteiger partial charge in [0, 0.05) is 23.5 Å². The maximum atomic E-state index is 12.1.